The van der Waals surface area contributed by atoms with Gasteiger partial charge >= 0.3 is 11.9 Å². The van der Waals surface area contributed by atoms with Crippen molar-refractivity contribution in [1.82, 2.24) is 0 Å². The first-order valence-corrected chi connectivity index (χ1v) is 17.2. The number of hydrogen-bond acceptors (Lipinski definition) is 4. The second kappa shape index (κ2) is 15.3. The maximum atomic E-state index is 12.2. The summed E-state index contributed by atoms with van der Waals surface area (Å²) in [6.07, 6.45) is 8.51. The molecule has 0 radical (unpaired) electrons. The molecule has 0 aromatic heterocycles. The molecule has 5 aromatic carbocycles. The van der Waals surface area contributed by atoms with Gasteiger partial charge in [0.05, 0.1) is 25.3 Å². The lowest BCUT2D eigenvalue weighted by atomic mass is 9.97. The summed E-state index contributed by atoms with van der Waals surface area (Å²) in [5, 5.41) is 4.04. The summed E-state index contributed by atoms with van der Waals surface area (Å²) < 4.78 is 12.6. The third-order valence-corrected chi connectivity index (χ3v) is 10.3. The van der Waals surface area contributed by atoms with E-state index in [1.165, 1.54) is 43.6 Å². The monoisotopic (exact) mass is 810 g/mol. The molecule has 4 nitrogen and oxygen atoms in total. The van der Waals surface area contributed by atoms with E-state index in [2.05, 4.69) is 93.7 Å². The summed E-state index contributed by atoms with van der Waals surface area (Å²) in [7, 11) is 2.86. The Morgan fingerprint density at radius 3 is 1.36 bits per heavy atom. The highest BCUT2D eigenvalue weighted by molar-refractivity contribution is 14.1. The van der Waals surface area contributed by atoms with Crippen LogP contribution in [-0.4, -0.2) is 26.2 Å². The molecule has 0 aliphatic heterocycles. The molecule has 5 aromatic rings. The van der Waals surface area contributed by atoms with Crippen molar-refractivity contribution in [2.75, 3.05) is 14.2 Å². The highest BCUT2D eigenvalue weighted by atomic mass is 127. The first kappa shape index (κ1) is 32.4. The van der Waals surface area contributed by atoms with Gasteiger partial charge < -0.3 is 9.47 Å². The van der Waals surface area contributed by atoms with E-state index in [9.17, 15) is 9.59 Å². The van der Waals surface area contributed by atoms with Gasteiger partial charge in [0.1, 0.15) is 0 Å². The molecule has 0 bridgehead atoms. The normalized spacial score (nSPS) is 11.2. The van der Waals surface area contributed by atoms with E-state index in [0.29, 0.717) is 11.1 Å². The van der Waals surface area contributed by atoms with Crippen molar-refractivity contribution in [3.63, 3.8) is 0 Å². The fraction of sp³-hybridized carbons (Fsp3) is 0.263. The molecule has 0 unspecified atom stereocenters. The van der Waals surface area contributed by atoms with E-state index in [-0.39, 0.29) is 11.9 Å². The van der Waals surface area contributed by atoms with Crippen LogP contribution in [0.4, 0.5) is 0 Å². The molecular weight excluding hydrogens is 774 g/mol. The minimum atomic E-state index is -0.291. The Kier molecular flexibility index (Phi) is 11.3. The lowest BCUT2D eigenvalue weighted by Crippen LogP contribution is -2.02. The standard InChI is InChI=1S/C38H36I2O4/c1-43-37(41)31-15-7-13-27-19-17-25(21-33(27)31)9-3-5-11-29-23-36(40)30(24-35(29)39)12-6-4-10-26-18-20-28-14-8-16-32(34(28)22-26)38(42)44-2/h7-8,13-24H,3-6,9-12H2,1-2H3. The Bertz CT molecular complexity index is 1680. The average Bonchev–Trinajstić information content (AvgIpc) is 3.05. The Balaban J connectivity index is 1.12. The van der Waals surface area contributed by atoms with Crippen LogP contribution in [0.5, 0.6) is 0 Å². The molecule has 0 amide bonds. The molecule has 0 N–H and O–H groups in total. The van der Waals surface area contributed by atoms with Crippen LogP contribution < -0.4 is 0 Å². The first-order chi connectivity index (χ1) is 21.4. The predicted octanol–water partition coefficient (Wildman–Crippen LogP) is 9.91. The Morgan fingerprint density at radius 2 is 0.955 bits per heavy atom. The number of hydrogen-bond donors (Lipinski definition) is 0. The fourth-order valence-electron chi connectivity index (χ4n) is 5.83. The molecule has 0 saturated heterocycles. The summed E-state index contributed by atoms with van der Waals surface area (Å²) >= 11 is 4.99. The van der Waals surface area contributed by atoms with Crippen LogP contribution in [0.25, 0.3) is 21.5 Å². The highest BCUT2D eigenvalue weighted by Gasteiger charge is 2.12. The van der Waals surface area contributed by atoms with Crippen molar-refractivity contribution in [1.29, 1.82) is 0 Å². The van der Waals surface area contributed by atoms with Gasteiger partial charge in [-0.15, -0.1) is 0 Å². The topological polar surface area (TPSA) is 52.6 Å². The van der Waals surface area contributed by atoms with E-state index in [1.807, 2.05) is 36.4 Å². The zero-order valence-electron chi connectivity index (χ0n) is 25.1. The Hall–Kier alpha value is -2.98. The summed E-state index contributed by atoms with van der Waals surface area (Å²) in [6, 6.07) is 29.1. The number of fused-ring (bicyclic) bond motifs is 2. The van der Waals surface area contributed by atoms with Gasteiger partial charge in [-0.1, -0.05) is 60.7 Å². The van der Waals surface area contributed by atoms with Crippen molar-refractivity contribution < 1.29 is 19.1 Å². The van der Waals surface area contributed by atoms with Gasteiger partial charge in [0.25, 0.3) is 0 Å². The molecule has 0 atom stereocenters. The summed E-state index contributed by atoms with van der Waals surface area (Å²) in [5.41, 5.74) is 6.59. The second-order valence-corrected chi connectivity index (χ2v) is 13.5. The summed E-state index contributed by atoms with van der Waals surface area (Å²) in [5.74, 6) is -0.582. The van der Waals surface area contributed by atoms with Gasteiger partial charge in [0.15, 0.2) is 0 Å². The van der Waals surface area contributed by atoms with Crippen LogP contribution in [0.1, 0.15) is 68.7 Å². The van der Waals surface area contributed by atoms with E-state index in [4.69, 9.17) is 9.47 Å². The Morgan fingerprint density at radius 1 is 0.545 bits per heavy atom. The SMILES string of the molecule is COC(=O)c1cccc2ccc(CCCCc3cc(I)c(CCCCc4ccc5cccc(C(=O)OC)c5c4)cc3I)cc12. The third-order valence-electron chi connectivity index (χ3n) is 8.24. The molecular formula is C38H36I2O4. The molecule has 0 aliphatic carbocycles. The molecule has 0 fully saturated rings. The van der Waals surface area contributed by atoms with Crippen LogP contribution in [0.15, 0.2) is 84.9 Å². The van der Waals surface area contributed by atoms with Crippen molar-refractivity contribution in [3.05, 3.63) is 125 Å². The molecule has 0 spiro atoms. The Labute approximate surface area is 286 Å². The van der Waals surface area contributed by atoms with Crippen LogP contribution in [0.3, 0.4) is 0 Å². The lowest BCUT2D eigenvalue weighted by molar-refractivity contribution is 0.0594. The van der Waals surface area contributed by atoms with Crippen LogP contribution in [0, 0.1) is 7.14 Å². The minimum absolute atomic E-state index is 0.291. The first-order valence-electron chi connectivity index (χ1n) is 15.0. The van der Waals surface area contributed by atoms with Gasteiger partial charge in [0, 0.05) is 7.14 Å². The van der Waals surface area contributed by atoms with E-state index in [1.54, 1.807) is 0 Å². The minimum Gasteiger partial charge on any atom is -0.465 e. The molecule has 0 heterocycles. The van der Waals surface area contributed by atoms with Crippen LogP contribution >= 0.6 is 45.2 Å². The quantitative estimate of drug-likeness (QED) is 0.0716. The van der Waals surface area contributed by atoms with E-state index in [0.717, 1.165) is 72.9 Å². The van der Waals surface area contributed by atoms with E-state index >= 15 is 0 Å². The number of rotatable bonds is 12. The zero-order chi connectivity index (χ0) is 31.1. The van der Waals surface area contributed by atoms with Crippen molar-refractivity contribution in [3.8, 4) is 0 Å². The van der Waals surface area contributed by atoms with Gasteiger partial charge in [-0.05, 0) is 165 Å². The molecule has 44 heavy (non-hydrogen) atoms. The lowest BCUT2D eigenvalue weighted by Gasteiger charge is -2.12. The second-order valence-electron chi connectivity index (χ2n) is 11.2. The number of unbranched alkanes of at least 4 members (excludes halogenated alkanes) is 2. The summed E-state index contributed by atoms with van der Waals surface area (Å²) in [4.78, 5) is 24.4. The van der Waals surface area contributed by atoms with Crippen molar-refractivity contribution in [2.45, 2.75) is 51.4 Å². The number of halogens is 2. The molecule has 0 saturated carbocycles. The number of benzene rings is 5. The zero-order valence-corrected chi connectivity index (χ0v) is 29.4. The average molecular weight is 811 g/mol. The van der Waals surface area contributed by atoms with Gasteiger partial charge in [-0.2, -0.15) is 0 Å². The molecule has 5 rings (SSSR count). The maximum Gasteiger partial charge on any atom is 0.338 e. The van der Waals surface area contributed by atoms with Gasteiger partial charge in [-0.3, -0.25) is 0 Å². The van der Waals surface area contributed by atoms with E-state index < -0.39 is 0 Å². The molecule has 6 heteroatoms. The number of aryl methyl sites for hydroxylation is 4. The molecule has 0 aliphatic rings. The predicted molar refractivity (Wildman–Crippen MR) is 196 cm³/mol. The summed E-state index contributed by atoms with van der Waals surface area (Å²) in [6.45, 7) is 0. The fourth-order valence-corrected chi connectivity index (χ4v) is 7.43. The molecule has 226 valence electrons. The number of methoxy groups -OCH3 is 2. The number of esters is 2. The smallest absolute Gasteiger partial charge is 0.338 e. The number of ether oxygens (including phenoxy) is 2. The number of carbonyl (C=O) groups excluding carboxylic acids is 2. The van der Waals surface area contributed by atoms with Crippen LogP contribution in [-0.2, 0) is 35.2 Å². The highest BCUT2D eigenvalue weighted by Crippen LogP contribution is 2.26. The largest absolute Gasteiger partial charge is 0.465 e. The maximum absolute atomic E-state index is 12.2. The number of carbonyl (C=O) groups is 2. The van der Waals surface area contributed by atoms with Crippen LogP contribution in [0.2, 0.25) is 0 Å². The van der Waals surface area contributed by atoms with Gasteiger partial charge in [0.2, 0.25) is 0 Å². The van der Waals surface area contributed by atoms with Crippen molar-refractivity contribution >= 4 is 78.7 Å². The van der Waals surface area contributed by atoms with Crippen molar-refractivity contribution in [2.24, 2.45) is 0 Å². The third kappa shape index (κ3) is 7.80. The van der Waals surface area contributed by atoms with Gasteiger partial charge in [-0.25, -0.2) is 9.59 Å².